The zero-order valence-corrected chi connectivity index (χ0v) is 8.66. The van der Waals surface area contributed by atoms with E-state index >= 15 is 0 Å². The minimum absolute atomic E-state index is 0.512. The molecule has 0 amide bonds. The van der Waals surface area contributed by atoms with E-state index in [1.54, 1.807) is 0 Å². The number of aldehydes is 1. The van der Waals surface area contributed by atoms with E-state index in [4.69, 9.17) is 0 Å². The van der Waals surface area contributed by atoms with Gasteiger partial charge >= 0.3 is 0 Å². The van der Waals surface area contributed by atoms with Gasteiger partial charge < -0.3 is 4.90 Å². The van der Waals surface area contributed by atoms with Gasteiger partial charge in [0.1, 0.15) is 6.29 Å². The molecule has 1 heterocycles. The number of hydrogen-bond donors (Lipinski definition) is 0. The molecule has 0 aliphatic carbocycles. The third kappa shape index (κ3) is 1.31. The summed E-state index contributed by atoms with van der Waals surface area (Å²) in [6.45, 7) is 5.41. The van der Waals surface area contributed by atoms with Crippen LogP contribution in [0, 0.1) is 0 Å². The first-order chi connectivity index (χ1) is 6.74. The number of anilines is 1. The normalized spacial score (nSPS) is 14.6. The smallest absolute Gasteiger partial charge is 0.150 e. The zero-order chi connectivity index (χ0) is 10.1. The second-order valence-electron chi connectivity index (χ2n) is 4.00. The summed E-state index contributed by atoms with van der Waals surface area (Å²) in [5.41, 5.74) is 3.31. The molecule has 0 aromatic heterocycles. The van der Waals surface area contributed by atoms with Gasteiger partial charge in [-0.05, 0) is 31.9 Å². The van der Waals surface area contributed by atoms with Gasteiger partial charge in [-0.2, -0.15) is 0 Å². The predicted molar refractivity (Wildman–Crippen MR) is 58.0 cm³/mol. The van der Waals surface area contributed by atoms with E-state index in [1.807, 2.05) is 12.1 Å². The monoisotopic (exact) mass is 189 g/mol. The van der Waals surface area contributed by atoms with Crippen molar-refractivity contribution in [3.8, 4) is 0 Å². The van der Waals surface area contributed by atoms with Crippen molar-refractivity contribution in [1.29, 1.82) is 0 Å². The molecule has 1 aromatic rings. The first-order valence-corrected chi connectivity index (χ1v) is 5.07. The van der Waals surface area contributed by atoms with Crippen LogP contribution in [0.2, 0.25) is 0 Å². The number of rotatable bonds is 2. The van der Waals surface area contributed by atoms with Crippen LogP contribution in [0.5, 0.6) is 0 Å². The van der Waals surface area contributed by atoms with Gasteiger partial charge in [-0.25, -0.2) is 0 Å². The molecule has 0 N–H and O–H groups in total. The number of hydrogen-bond acceptors (Lipinski definition) is 2. The standard InChI is InChI=1S/C12H15NO/c1-9(2)13-7-6-11-10(8-14)4-3-5-12(11)13/h3-5,8-9H,6-7H2,1-2H3. The molecule has 1 aromatic carbocycles. The van der Waals surface area contributed by atoms with Crippen LogP contribution in [0.25, 0.3) is 0 Å². The molecule has 2 heteroatoms. The van der Waals surface area contributed by atoms with Crippen LogP contribution in [-0.2, 0) is 6.42 Å². The van der Waals surface area contributed by atoms with Gasteiger partial charge in [0.2, 0.25) is 0 Å². The molecule has 1 aliphatic heterocycles. The van der Waals surface area contributed by atoms with Crippen molar-refractivity contribution in [3.05, 3.63) is 29.3 Å². The summed E-state index contributed by atoms with van der Waals surface area (Å²) in [4.78, 5) is 13.2. The molecule has 0 atom stereocenters. The first-order valence-electron chi connectivity index (χ1n) is 5.07. The van der Waals surface area contributed by atoms with Crippen molar-refractivity contribution in [2.75, 3.05) is 11.4 Å². The molecule has 1 aliphatic rings. The molecule has 2 nitrogen and oxygen atoms in total. The summed E-state index contributed by atoms with van der Waals surface area (Å²) in [5, 5.41) is 0. The van der Waals surface area contributed by atoms with Gasteiger partial charge in [0.05, 0.1) is 0 Å². The minimum atomic E-state index is 0.512. The third-order valence-corrected chi connectivity index (χ3v) is 2.85. The molecule has 0 unspecified atom stereocenters. The van der Waals surface area contributed by atoms with Crippen LogP contribution in [0.3, 0.4) is 0 Å². The van der Waals surface area contributed by atoms with E-state index in [9.17, 15) is 4.79 Å². The maximum absolute atomic E-state index is 10.8. The van der Waals surface area contributed by atoms with Crippen molar-refractivity contribution in [2.24, 2.45) is 0 Å². The van der Waals surface area contributed by atoms with Gasteiger partial charge in [0.15, 0.2) is 0 Å². The van der Waals surface area contributed by atoms with Crippen molar-refractivity contribution < 1.29 is 4.79 Å². The Kier molecular flexibility index (Phi) is 2.28. The molecule has 0 saturated carbocycles. The van der Waals surface area contributed by atoms with E-state index in [0.717, 1.165) is 24.8 Å². The van der Waals surface area contributed by atoms with Crippen LogP contribution >= 0.6 is 0 Å². The Morgan fingerprint density at radius 3 is 2.86 bits per heavy atom. The molecule has 0 fully saturated rings. The predicted octanol–water partition coefficient (Wildman–Crippen LogP) is 2.27. The quantitative estimate of drug-likeness (QED) is 0.665. The second kappa shape index (κ2) is 3.45. The van der Waals surface area contributed by atoms with Gasteiger partial charge in [0.25, 0.3) is 0 Å². The Morgan fingerprint density at radius 2 is 2.21 bits per heavy atom. The summed E-state index contributed by atoms with van der Waals surface area (Å²) in [5.74, 6) is 0. The average molecular weight is 189 g/mol. The molecule has 74 valence electrons. The lowest BCUT2D eigenvalue weighted by Crippen LogP contribution is -2.28. The van der Waals surface area contributed by atoms with Crippen LogP contribution in [0.15, 0.2) is 18.2 Å². The van der Waals surface area contributed by atoms with E-state index < -0.39 is 0 Å². The summed E-state index contributed by atoms with van der Waals surface area (Å²) in [7, 11) is 0. The van der Waals surface area contributed by atoms with E-state index in [-0.39, 0.29) is 0 Å². The maximum Gasteiger partial charge on any atom is 0.150 e. The van der Waals surface area contributed by atoms with E-state index in [1.165, 1.54) is 11.3 Å². The van der Waals surface area contributed by atoms with E-state index in [2.05, 4.69) is 24.8 Å². The van der Waals surface area contributed by atoms with Crippen LogP contribution < -0.4 is 4.90 Å². The van der Waals surface area contributed by atoms with Crippen LogP contribution in [-0.4, -0.2) is 18.9 Å². The highest BCUT2D eigenvalue weighted by Crippen LogP contribution is 2.31. The number of fused-ring (bicyclic) bond motifs is 1. The Bertz CT molecular complexity index is 357. The summed E-state index contributed by atoms with van der Waals surface area (Å²) in [6.07, 6.45) is 1.96. The zero-order valence-electron chi connectivity index (χ0n) is 8.66. The fourth-order valence-corrected chi connectivity index (χ4v) is 2.13. The summed E-state index contributed by atoms with van der Waals surface area (Å²) >= 11 is 0. The third-order valence-electron chi connectivity index (χ3n) is 2.85. The van der Waals surface area contributed by atoms with Gasteiger partial charge in [-0.1, -0.05) is 12.1 Å². The molecular formula is C12H15NO. The molecule has 0 radical (unpaired) electrons. The van der Waals surface area contributed by atoms with E-state index in [0.29, 0.717) is 6.04 Å². The highest BCUT2D eigenvalue weighted by molar-refractivity contribution is 5.82. The van der Waals surface area contributed by atoms with Gasteiger partial charge in [0, 0.05) is 23.8 Å². The van der Waals surface area contributed by atoms with Crippen molar-refractivity contribution in [1.82, 2.24) is 0 Å². The lowest BCUT2D eigenvalue weighted by Gasteiger charge is -2.23. The summed E-state index contributed by atoms with van der Waals surface area (Å²) < 4.78 is 0. The summed E-state index contributed by atoms with van der Waals surface area (Å²) in [6, 6.07) is 6.48. The molecule has 14 heavy (non-hydrogen) atoms. The van der Waals surface area contributed by atoms with Crippen LogP contribution in [0.1, 0.15) is 29.8 Å². The highest BCUT2D eigenvalue weighted by atomic mass is 16.1. The Hall–Kier alpha value is -1.31. The Labute approximate surface area is 84.5 Å². The van der Waals surface area contributed by atoms with Crippen molar-refractivity contribution in [3.63, 3.8) is 0 Å². The second-order valence-corrected chi connectivity index (χ2v) is 4.00. The number of benzene rings is 1. The molecule has 0 saturated heterocycles. The largest absolute Gasteiger partial charge is 0.369 e. The van der Waals surface area contributed by atoms with Gasteiger partial charge in [-0.15, -0.1) is 0 Å². The number of carbonyl (C=O) groups is 1. The van der Waals surface area contributed by atoms with Crippen molar-refractivity contribution >= 4 is 12.0 Å². The lowest BCUT2D eigenvalue weighted by molar-refractivity contribution is 0.112. The maximum atomic E-state index is 10.8. The molecule has 0 spiro atoms. The lowest BCUT2D eigenvalue weighted by atomic mass is 10.1. The number of carbonyl (C=O) groups excluding carboxylic acids is 1. The first kappa shape index (κ1) is 9.25. The van der Waals surface area contributed by atoms with Gasteiger partial charge in [-0.3, -0.25) is 4.79 Å². The molecule has 0 bridgehead atoms. The number of nitrogens with zero attached hydrogens (tertiary/aromatic N) is 1. The average Bonchev–Trinajstić information content (AvgIpc) is 2.60. The Morgan fingerprint density at radius 1 is 1.43 bits per heavy atom. The van der Waals surface area contributed by atoms with Crippen LogP contribution in [0.4, 0.5) is 5.69 Å². The molecular weight excluding hydrogens is 174 g/mol. The fraction of sp³-hybridized carbons (Fsp3) is 0.417. The Balaban J connectivity index is 2.46. The van der Waals surface area contributed by atoms with Crippen molar-refractivity contribution in [2.45, 2.75) is 26.3 Å². The minimum Gasteiger partial charge on any atom is -0.369 e. The highest BCUT2D eigenvalue weighted by Gasteiger charge is 2.22. The SMILES string of the molecule is CC(C)N1CCc2c(C=O)cccc21. The molecule has 2 rings (SSSR count). The fourth-order valence-electron chi connectivity index (χ4n) is 2.13. The topological polar surface area (TPSA) is 20.3 Å².